The minimum absolute atomic E-state index is 0.374. The predicted octanol–water partition coefficient (Wildman–Crippen LogP) is -1.07. The van der Waals surface area contributed by atoms with Gasteiger partial charge < -0.3 is 15.3 Å². The van der Waals surface area contributed by atoms with E-state index < -0.39 is 17.8 Å². The van der Waals surface area contributed by atoms with Gasteiger partial charge in [-0.25, -0.2) is 0 Å². The normalized spacial score (nSPS) is 51.2. The van der Waals surface area contributed by atoms with Gasteiger partial charge in [0.1, 0.15) is 17.8 Å². The van der Waals surface area contributed by atoms with Gasteiger partial charge in [0.15, 0.2) is 0 Å². The second-order valence-electron chi connectivity index (χ2n) is 3.14. The molecule has 4 nitrogen and oxygen atoms in total. The summed E-state index contributed by atoms with van der Waals surface area (Å²) in [6.45, 7) is 3.15. The minimum Gasteiger partial charge on any atom is -0.387 e. The molecule has 0 radical (unpaired) electrons. The van der Waals surface area contributed by atoms with Crippen LogP contribution in [0.2, 0.25) is 0 Å². The van der Waals surface area contributed by atoms with Crippen molar-refractivity contribution in [2.45, 2.75) is 37.7 Å². The molecule has 11 heavy (non-hydrogen) atoms. The molecule has 4 atom stereocenters. The number of aliphatic hydroxyl groups is 3. The largest absolute Gasteiger partial charge is 0.387 e. The topological polar surface area (TPSA) is 73.1 Å². The fourth-order valence-electron chi connectivity index (χ4n) is 1.04. The third kappa shape index (κ3) is 1.29. The van der Waals surface area contributed by atoms with Crippen molar-refractivity contribution < 1.29 is 15.3 Å². The fraction of sp³-hybridized carbons (Fsp3) is 0.857. The Labute approximate surface area is 65.2 Å². The first-order valence-corrected chi connectivity index (χ1v) is 3.58. The van der Waals surface area contributed by atoms with Gasteiger partial charge in [-0.15, -0.1) is 0 Å². The SMILES string of the molecule is CC1N=CC(O)C(O)C1(C)O. The van der Waals surface area contributed by atoms with Crippen molar-refractivity contribution in [1.82, 2.24) is 0 Å². The molecule has 0 amide bonds. The van der Waals surface area contributed by atoms with Crippen molar-refractivity contribution >= 4 is 6.21 Å². The van der Waals surface area contributed by atoms with Crippen molar-refractivity contribution in [2.24, 2.45) is 4.99 Å². The van der Waals surface area contributed by atoms with Crippen LogP contribution in [0.3, 0.4) is 0 Å². The van der Waals surface area contributed by atoms with Gasteiger partial charge in [0, 0.05) is 6.21 Å². The Morgan fingerprint density at radius 2 is 2.00 bits per heavy atom. The van der Waals surface area contributed by atoms with Crippen LogP contribution < -0.4 is 0 Å². The molecule has 0 spiro atoms. The smallest absolute Gasteiger partial charge is 0.117 e. The van der Waals surface area contributed by atoms with Crippen LogP contribution in [0.15, 0.2) is 4.99 Å². The number of aliphatic imine (C=N–C) groups is 1. The number of aliphatic hydroxyl groups excluding tert-OH is 2. The molecule has 0 aromatic heterocycles. The van der Waals surface area contributed by atoms with Crippen LogP contribution >= 0.6 is 0 Å². The molecule has 4 unspecified atom stereocenters. The first-order chi connectivity index (χ1) is 4.96. The van der Waals surface area contributed by atoms with Gasteiger partial charge in [0.2, 0.25) is 0 Å². The van der Waals surface area contributed by atoms with E-state index in [1.807, 2.05) is 0 Å². The van der Waals surface area contributed by atoms with E-state index in [-0.39, 0.29) is 6.04 Å². The number of hydrogen-bond acceptors (Lipinski definition) is 4. The quantitative estimate of drug-likeness (QED) is 0.421. The monoisotopic (exact) mass is 159 g/mol. The first kappa shape index (κ1) is 8.64. The molecule has 0 aromatic rings. The second kappa shape index (κ2) is 2.55. The van der Waals surface area contributed by atoms with E-state index in [4.69, 9.17) is 5.11 Å². The molecule has 4 heteroatoms. The summed E-state index contributed by atoms with van der Waals surface area (Å²) < 4.78 is 0. The van der Waals surface area contributed by atoms with Gasteiger partial charge in [-0.2, -0.15) is 0 Å². The Hall–Kier alpha value is -0.450. The van der Waals surface area contributed by atoms with Gasteiger partial charge in [-0.1, -0.05) is 0 Å². The van der Waals surface area contributed by atoms with Crippen LogP contribution in [0.5, 0.6) is 0 Å². The highest BCUT2D eigenvalue weighted by atomic mass is 16.4. The van der Waals surface area contributed by atoms with Crippen LogP contribution in [-0.2, 0) is 0 Å². The van der Waals surface area contributed by atoms with Crippen molar-refractivity contribution in [1.29, 1.82) is 0 Å². The summed E-state index contributed by atoms with van der Waals surface area (Å²) in [6, 6.07) is -0.374. The van der Waals surface area contributed by atoms with Crippen molar-refractivity contribution in [3.05, 3.63) is 0 Å². The Kier molecular flexibility index (Phi) is 2.00. The highest BCUT2D eigenvalue weighted by Crippen LogP contribution is 2.23. The van der Waals surface area contributed by atoms with E-state index in [1.54, 1.807) is 6.92 Å². The summed E-state index contributed by atoms with van der Waals surface area (Å²) >= 11 is 0. The summed E-state index contributed by atoms with van der Waals surface area (Å²) in [5.74, 6) is 0. The summed E-state index contributed by atoms with van der Waals surface area (Å²) in [4.78, 5) is 3.83. The molecule has 1 aliphatic heterocycles. The molecular weight excluding hydrogens is 146 g/mol. The molecule has 1 heterocycles. The summed E-state index contributed by atoms with van der Waals surface area (Å²) in [7, 11) is 0. The van der Waals surface area contributed by atoms with E-state index in [0.717, 1.165) is 0 Å². The van der Waals surface area contributed by atoms with Crippen molar-refractivity contribution in [3.63, 3.8) is 0 Å². The summed E-state index contributed by atoms with van der Waals surface area (Å²) in [6.07, 6.45) is -0.941. The minimum atomic E-state index is -1.33. The Morgan fingerprint density at radius 1 is 1.45 bits per heavy atom. The maximum atomic E-state index is 9.56. The van der Waals surface area contributed by atoms with E-state index in [0.29, 0.717) is 0 Å². The van der Waals surface area contributed by atoms with Crippen LogP contribution in [0.25, 0.3) is 0 Å². The zero-order valence-corrected chi connectivity index (χ0v) is 6.60. The molecule has 0 saturated carbocycles. The third-order valence-corrected chi connectivity index (χ3v) is 2.23. The molecule has 1 rings (SSSR count). The van der Waals surface area contributed by atoms with E-state index in [2.05, 4.69) is 4.99 Å². The average Bonchev–Trinajstić information content (AvgIpc) is 1.95. The van der Waals surface area contributed by atoms with Gasteiger partial charge in [-0.3, -0.25) is 4.99 Å². The molecule has 64 valence electrons. The van der Waals surface area contributed by atoms with E-state index >= 15 is 0 Å². The molecule has 0 saturated heterocycles. The zero-order valence-electron chi connectivity index (χ0n) is 6.60. The highest BCUT2D eigenvalue weighted by molar-refractivity contribution is 5.65. The molecule has 0 aliphatic carbocycles. The number of nitrogens with zero attached hydrogens (tertiary/aromatic N) is 1. The van der Waals surface area contributed by atoms with Gasteiger partial charge >= 0.3 is 0 Å². The predicted molar refractivity (Wildman–Crippen MR) is 40.6 cm³/mol. The molecule has 1 aliphatic rings. The van der Waals surface area contributed by atoms with Crippen LogP contribution in [0, 0.1) is 0 Å². The Bertz CT molecular complexity index is 179. The third-order valence-electron chi connectivity index (χ3n) is 2.23. The highest BCUT2D eigenvalue weighted by Gasteiger charge is 2.42. The Balaban J connectivity index is 2.88. The lowest BCUT2D eigenvalue weighted by molar-refractivity contribution is -0.112. The Morgan fingerprint density at radius 3 is 2.45 bits per heavy atom. The molecular formula is C7H13NO3. The maximum Gasteiger partial charge on any atom is 0.117 e. The summed E-state index contributed by atoms with van der Waals surface area (Å²) in [5, 5.41) is 27.9. The zero-order chi connectivity index (χ0) is 8.65. The van der Waals surface area contributed by atoms with Crippen molar-refractivity contribution in [3.8, 4) is 0 Å². The van der Waals surface area contributed by atoms with E-state index in [9.17, 15) is 10.2 Å². The first-order valence-electron chi connectivity index (χ1n) is 3.58. The van der Waals surface area contributed by atoms with Crippen LogP contribution in [0.1, 0.15) is 13.8 Å². The summed E-state index contributed by atoms with van der Waals surface area (Å²) in [5.41, 5.74) is -1.33. The van der Waals surface area contributed by atoms with Crippen molar-refractivity contribution in [2.75, 3.05) is 0 Å². The standard InChI is InChI=1S/C7H13NO3/c1-4-7(2,11)6(10)5(9)3-8-4/h3-6,9-11H,1-2H3. The molecule has 0 bridgehead atoms. The lowest BCUT2D eigenvalue weighted by atomic mass is 9.86. The van der Waals surface area contributed by atoms with Gasteiger partial charge in [0.25, 0.3) is 0 Å². The number of rotatable bonds is 0. The average molecular weight is 159 g/mol. The molecule has 0 fully saturated rings. The molecule has 3 N–H and O–H groups in total. The fourth-order valence-corrected chi connectivity index (χ4v) is 1.04. The second-order valence-corrected chi connectivity index (χ2v) is 3.14. The lowest BCUT2D eigenvalue weighted by Crippen LogP contribution is -2.56. The lowest BCUT2D eigenvalue weighted by Gasteiger charge is -2.37. The maximum absolute atomic E-state index is 9.56. The van der Waals surface area contributed by atoms with Crippen LogP contribution in [-0.4, -0.2) is 45.4 Å². The molecule has 0 aromatic carbocycles. The number of hydrogen-bond donors (Lipinski definition) is 3. The van der Waals surface area contributed by atoms with Gasteiger partial charge in [0.05, 0.1) is 6.04 Å². The van der Waals surface area contributed by atoms with E-state index in [1.165, 1.54) is 13.1 Å². The van der Waals surface area contributed by atoms with Crippen LogP contribution in [0.4, 0.5) is 0 Å². The van der Waals surface area contributed by atoms with Gasteiger partial charge in [-0.05, 0) is 13.8 Å².